The molecular formula is C18H25NO4. The van der Waals surface area contributed by atoms with Gasteiger partial charge in [-0.05, 0) is 24.0 Å². The van der Waals surface area contributed by atoms with Gasteiger partial charge in [0.1, 0.15) is 5.54 Å². The Morgan fingerprint density at radius 1 is 1.17 bits per heavy atom. The molecule has 1 aromatic carbocycles. The summed E-state index contributed by atoms with van der Waals surface area (Å²) in [6.45, 7) is 0.495. The third kappa shape index (κ3) is 4.79. The van der Waals surface area contributed by atoms with Gasteiger partial charge in [-0.1, -0.05) is 49.9 Å². The molecular weight excluding hydrogens is 294 g/mol. The molecule has 1 aromatic rings. The summed E-state index contributed by atoms with van der Waals surface area (Å²) in [5.41, 5.74) is 0.768. The van der Waals surface area contributed by atoms with Crippen molar-refractivity contribution in [3.8, 4) is 0 Å². The van der Waals surface area contributed by atoms with Crippen LogP contribution in [-0.4, -0.2) is 29.6 Å². The first-order valence-electron chi connectivity index (χ1n) is 8.17. The molecule has 5 nitrogen and oxygen atoms in total. The Balaban J connectivity index is 2.04. The Labute approximate surface area is 137 Å². The van der Waals surface area contributed by atoms with Crippen molar-refractivity contribution in [2.75, 3.05) is 7.11 Å². The molecule has 0 aromatic heterocycles. The second-order valence-electron chi connectivity index (χ2n) is 6.28. The van der Waals surface area contributed by atoms with Crippen molar-refractivity contribution in [3.05, 3.63) is 35.4 Å². The summed E-state index contributed by atoms with van der Waals surface area (Å²) in [6, 6.07) is 7.62. The SMILES string of the molecule is COCc1cccc(CC(=O)NC2(C(=O)O)CCCCCC2)c1. The van der Waals surface area contributed by atoms with Crippen LogP contribution < -0.4 is 5.32 Å². The quantitative estimate of drug-likeness (QED) is 0.791. The zero-order valence-electron chi connectivity index (χ0n) is 13.6. The predicted octanol–water partition coefficient (Wildman–Crippen LogP) is 2.67. The molecule has 23 heavy (non-hydrogen) atoms. The van der Waals surface area contributed by atoms with Crippen molar-refractivity contribution in [3.63, 3.8) is 0 Å². The van der Waals surface area contributed by atoms with Gasteiger partial charge < -0.3 is 15.2 Å². The van der Waals surface area contributed by atoms with Crippen LogP contribution in [0.1, 0.15) is 49.7 Å². The lowest BCUT2D eigenvalue weighted by molar-refractivity contribution is -0.148. The summed E-state index contributed by atoms with van der Waals surface area (Å²) in [5, 5.41) is 12.4. The van der Waals surface area contributed by atoms with Crippen molar-refractivity contribution >= 4 is 11.9 Å². The minimum absolute atomic E-state index is 0.187. The molecule has 0 spiro atoms. The van der Waals surface area contributed by atoms with Crippen LogP contribution in [0.2, 0.25) is 0 Å². The Hall–Kier alpha value is -1.88. The number of nitrogens with one attached hydrogen (secondary N) is 1. The van der Waals surface area contributed by atoms with E-state index in [0.717, 1.165) is 36.8 Å². The third-order valence-electron chi connectivity index (χ3n) is 4.41. The van der Waals surface area contributed by atoms with E-state index in [4.69, 9.17) is 4.74 Å². The first-order chi connectivity index (χ1) is 11.1. The molecule has 1 saturated carbocycles. The normalized spacial score (nSPS) is 17.3. The van der Waals surface area contributed by atoms with E-state index in [-0.39, 0.29) is 12.3 Å². The minimum Gasteiger partial charge on any atom is -0.480 e. The van der Waals surface area contributed by atoms with Gasteiger partial charge >= 0.3 is 5.97 Å². The van der Waals surface area contributed by atoms with E-state index in [1.54, 1.807) is 7.11 Å². The third-order valence-corrected chi connectivity index (χ3v) is 4.41. The molecule has 2 N–H and O–H groups in total. The molecule has 0 heterocycles. The van der Waals surface area contributed by atoms with Crippen LogP contribution in [0.15, 0.2) is 24.3 Å². The van der Waals surface area contributed by atoms with Crippen LogP contribution in [0, 0.1) is 0 Å². The van der Waals surface area contributed by atoms with Gasteiger partial charge in [0.05, 0.1) is 13.0 Å². The van der Waals surface area contributed by atoms with E-state index >= 15 is 0 Å². The highest BCUT2D eigenvalue weighted by Gasteiger charge is 2.39. The molecule has 1 fully saturated rings. The molecule has 0 atom stereocenters. The van der Waals surface area contributed by atoms with Crippen molar-refractivity contribution in [2.24, 2.45) is 0 Å². The molecule has 0 radical (unpaired) electrons. The fraction of sp³-hybridized carbons (Fsp3) is 0.556. The van der Waals surface area contributed by atoms with Crippen LogP contribution in [-0.2, 0) is 27.4 Å². The maximum Gasteiger partial charge on any atom is 0.329 e. The van der Waals surface area contributed by atoms with E-state index in [2.05, 4.69) is 5.32 Å². The first-order valence-corrected chi connectivity index (χ1v) is 8.17. The molecule has 2 rings (SSSR count). The van der Waals surface area contributed by atoms with Gasteiger partial charge in [-0.2, -0.15) is 0 Å². The highest BCUT2D eigenvalue weighted by molar-refractivity contribution is 5.88. The number of carbonyl (C=O) groups is 2. The van der Waals surface area contributed by atoms with Crippen molar-refractivity contribution in [1.29, 1.82) is 0 Å². The number of benzene rings is 1. The van der Waals surface area contributed by atoms with E-state index in [1.807, 2.05) is 24.3 Å². The minimum atomic E-state index is -1.10. The van der Waals surface area contributed by atoms with Crippen LogP contribution in [0.25, 0.3) is 0 Å². The second kappa shape index (κ2) is 8.11. The average molecular weight is 319 g/mol. The molecule has 5 heteroatoms. The van der Waals surface area contributed by atoms with E-state index < -0.39 is 11.5 Å². The molecule has 0 saturated heterocycles. The molecule has 0 bridgehead atoms. The number of rotatable bonds is 6. The van der Waals surface area contributed by atoms with Crippen LogP contribution >= 0.6 is 0 Å². The lowest BCUT2D eigenvalue weighted by Crippen LogP contribution is -2.54. The lowest BCUT2D eigenvalue weighted by atomic mass is 9.90. The molecule has 1 amide bonds. The number of ether oxygens (including phenoxy) is 1. The Kier molecular flexibility index (Phi) is 6.16. The van der Waals surface area contributed by atoms with Crippen LogP contribution in [0.3, 0.4) is 0 Å². The lowest BCUT2D eigenvalue weighted by Gasteiger charge is -2.29. The average Bonchev–Trinajstić information content (AvgIpc) is 2.74. The zero-order chi connectivity index (χ0) is 16.7. The molecule has 1 aliphatic carbocycles. The smallest absolute Gasteiger partial charge is 0.329 e. The number of amides is 1. The number of aliphatic carboxylic acids is 1. The number of hydrogen-bond donors (Lipinski definition) is 2. The maximum absolute atomic E-state index is 12.4. The highest BCUT2D eigenvalue weighted by Crippen LogP contribution is 2.27. The summed E-state index contributed by atoms with van der Waals surface area (Å²) in [5.74, 6) is -1.15. The van der Waals surface area contributed by atoms with Crippen LogP contribution in [0.5, 0.6) is 0 Å². The molecule has 1 aliphatic rings. The fourth-order valence-electron chi connectivity index (χ4n) is 3.22. The topological polar surface area (TPSA) is 75.6 Å². The monoisotopic (exact) mass is 319 g/mol. The summed E-state index contributed by atoms with van der Waals surface area (Å²) in [7, 11) is 1.63. The van der Waals surface area contributed by atoms with Gasteiger partial charge in [0, 0.05) is 7.11 Å². The van der Waals surface area contributed by atoms with Gasteiger partial charge in [0.25, 0.3) is 0 Å². The largest absolute Gasteiger partial charge is 0.480 e. The molecule has 0 aliphatic heterocycles. The Bertz CT molecular complexity index is 548. The number of hydrogen-bond acceptors (Lipinski definition) is 3. The number of carboxylic acids is 1. The van der Waals surface area contributed by atoms with Gasteiger partial charge in [-0.3, -0.25) is 4.79 Å². The van der Waals surface area contributed by atoms with Gasteiger partial charge in [0.15, 0.2) is 0 Å². The van der Waals surface area contributed by atoms with Gasteiger partial charge in [0.2, 0.25) is 5.91 Å². The number of methoxy groups -OCH3 is 1. The summed E-state index contributed by atoms with van der Waals surface area (Å²) in [6.07, 6.45) is 4.96. The predicted molar refractivity (Wildman–Crippen MR) is 87.1 cm³/mol. The van der Waals surface area contributed by atoms with Crippen LogP contribution in [0.4, 0.5) is 0 Å². The first kappa shape index (κ1) is 17.5. The standard InChI is InChI=1S/C18H25NO4/c1-23-13-15-8-6-7-14(11-15)12-16(20)19-18(17(21)22)9-4-2-3-5-10-18/h6-8,11H,2-5,9-10,12-13H2,1H3,(H,19,20)(H,21,22). The Morgan fingerprint density at radius 3 is 2.43 bits per heavy atom. The molecule has 126 valence electrons. The summed E-state index contributed by atoms with van der Waals surface area (Å²) in [4.78, 5) is 24.1. The fourth-order valence-corrected chi connectivity index (χ4v) is 3.22. The van der Waals surface area contributed by atoms with Gasteiger partial charge in [-0.15, -0.1) is 0 Å². The number of carboxylic acid groups (broad SMARTS) is 1. The second-order valence-corrected chi connectivity index (χ2v) is 6.28. The summed E-state index contributed by atoms with van der Waals surface area (Å²) < 4.78 is 5.09. The summed E-state index contributed by atoms with van der Waals surface area (Å²) >= 11 is 0. The van der Waals surface area contributed by atoms with E-state index in [0.29, 0.717) is 19.4 Å². The zero-order valence-corrected chi connectivity index (χ0v) is 13.6. The Morgan fingerprint density at radius 2 is 1.83 bits per heavy atom. The van der Waals surface area contributed by atoms with Crippen molar-refractivity contribution in [1.82, 2.24) is 5.32 Å². The highest BCUT2D eigenvalue weighted by atomic mass is 16.5. The van der Waals surface area contributed by atoms with Crippen molar-refractivity contribution < 1.29 is 19.4 Å². The number of carbonyl (C=O) groups excluding carboxylic acids is 1. The van der Waals surface area contributed by atoms with E-state index in [9.17, 15) is 14.7 Å². The van der Waals surface area contributed by atoms with Gasteiger partial charge in [-0.25, -0.2) is 4.79 Å². The molecule has 0 unspecified atom stereocenters. The maximum atomic E-state index is 12.4. The van der Waals surface area contributed by atoms with Crippen molar-refractivity contribution in [2.45, 2.75) is 57.1 Å². The van der Waals surface area contributed by atoms with E-state index in [1.165, 1.54) is 0 Å².